The summed E-state index contributed by atoms with van der Waals surface area (Å²) in [6, 6.07) is 19.9. The predicted molar refractivity (Wildman–Crippen MR) is 115 cm³/mol. The van der Waals surface area contributed by atoms with Crippen LogP contribution in [0.4, 0.5) is 5.82 Å². The molecule has 0 atom stereocenters. The second kappa shape index (κ2) is 9.08. The Bertz CT molecular complexity index is 1190. The van der Waals surface area contributed by atoms with E-state index >= 15 is 0 Å². The molecular weight excluding hydrogens is 396 g/mol. The van der Waals surface area contributed by atoms with Crippen molar-refractivity contribution in [2.75, 3.05) is 19.0 Å². The second-order valence-electron chi connectivity index (χ2n) is 6.65. The Morgan fingerprint density at radius 1 is 1.00 bits per heavy atom. The maximum absolute atomic E-state index is 12.2. The molecule has 8 heteroatoms. The van der Waals surface area contributed by atoms with Crippen LogP contribution in [-0.4, -0.2) is 34.7 Å². The number of pyridine rings is 1. The minimum absolute atomic E-state index is 0.188. The van der Waals surface area contributed by atoms with E-state index in [-0.39, 0.29) is 12.5 Å². The second-order valence-corrected chi connectivity index (χ2v) is 6.65. The summed E-state index contributed by atoms with van der Waals surface area (Å²) in [5, 5.41) is 6.76. The van der Waals surface area contributed by atoms with Gasteiger partial charge in [-0.1, -0.05) is 23.4 Å². The van der Waals surface area contributed by atoms with Crippen molar-refractivity contribution in [3.8, 4) is 34.3 Å². The number of aromatic nitrogens is 3. The lowest BCUT2D eigenvalue weighted by Crippen LogP contribution is -2.21. The number of carbonyl (C=O) groups excluding carboxylic acids is 1. The summed E-state index contributed by atoms with van der Waals surface area (Å²) in [5.41, 5.74) is 2.20. The number of rotatable bonds is 7. The Morgan fingerprint density at radius 3 is 2.58 bits per heavy atom. The van der Waals surface area contributed by atoms with Crippen LogP contribution in [-0.2, 0) is 4.79 Å². The molecule has 0 spiro atoms. The number of anilines is 1. The summed E-state index contributed by atoms with van der Waals surface area (Å²) in [6.45, 7) is 1.67. The first-order chi connectivity index (χ1) is 15.1. The SMILES string of the molecule is COc1ccc(-c2noc(-c3ccccc3OCC(=O)Nc3cccc(C)n3)n2)cc1. The number of aryl methyl sites for hydroxylation is 1. The number of nitrogens with zero attached hydrogens (tertiary/aromatic N) is 3. The van der Waals surface area contributed by atoms with Crippen LogP contribution < -0.4 is 14.8 Å². The molecule has 0 aliphatic heterocycles. The first-order valence-electron chi connectivity index (χ1n) is 9.56. The van der Waals surface area contributed by atoms with E-state index in [9.17, 15) is 4.79 Å². The van der Waals surface area contributed by atoms with Crippen LogP contribution in [0.2, 0.25) is 0 Å². The summed E-state index contributed by atoms with van der Waals surface area (Å²) in [4.78, 5) is 21.0. The van der Waals surface area contributed by atoms with Gasteiger partial charge in [0.05, 0.1) is 12.7 Å². The van der Waals surface area contributed by atoms with Crippen LogP contribution in [0, 0.1) is 6.92 Å². The van der Waals surface area contributed by atoms with Crippen LogP contribution in [0.3, 0.4) is 0 Å². The van der Waals surface area contributed by atoms with E-state index < -0.39 is 0 Å². The van der Waals surface area contributed by atoms with Crippen LogP contribution in [0.5, 0.6) is 11.5 Å². The molecule has 1 amide bonds. The summed E-state index contributed by atoms with van der Waals surface area (Å²) >= 11 is 0. The van der Waals surface area contributed by atoms with Crippen molar-refractivity contribution in [1.82, 2.24) is 15.1 Å². The summed E-state index contributed by atoms with van der Waals surface area (Å²) < 4.78 is 16.3. The lowest BCUT2D eigenvalue weighted by molar-refractivity contribution is -0.118. The Morgan fingerprint density at radius 2 is 1.81 bits per heavy atom. The van der Waals surface area contributed by atoms with Crippen molar-refractivity contribution in [1.29, 1.82) is 0 Å². The van der Waals surface area contributed by atoms with Gasteiger partial charge in [0.2, 0.25) is 5.82 Å². The number of amides is 1. The van der Waals surface area contributed by atoms with Gasteiger partial charge in [-0.25, -0.2) is 4.98 Å². The highest BCUT2D eigenvalue weighted by atomic mass is 16.5. The third-order valence-corrected chi connectivity index (χ3v) is 4.41. The van der Waals surface area contributed by atoms with Gasteiger partial charge in [0.15, 0.2) is 6.61 Å². The molecule has 2 aromatic carbocycles. The third-order valence-electron chi connectivity index (χ3n) is 4.41. The highest BCUT2D eigenvalue weighted by Gasteiger charge is 2.16. The molecule has 0 bridgehead atoms. The number of hydrogen-bond donors (Lipinski definition) is 1. The van der Waals surface area contributed by atoms with Crippen molar-refractivity contribution in [2.45, 2.75) is 6.92 Å². The lowest BCUT2D eigenvalue weighted by atomic mass is 10.2. The average molecular weight is 416 g/mol. The average Bonchev–Trinajstić information content (AvgIpc) is 3.28. The topological polar surface area (TPSA) is 99.4 Å². The van der Waals surface area contributed by atoms with Gasteiger partial charge < -0.3 is 19.3 Å². The fraction of sp³-hybridized carbons (Fsp3) is 0.130. The van der Waals surface area contributed by atoms with Crippen LogP contribution in [0.1, 0.15) is 5.69 Å². The summed E-state index contributed by atoms with van der Waals surface area (Å²) in [7, 11) is 1.61. The molecule has 156 valence electrons. The fourth-order valence-corrected chi connectivity index (χ4v) is 2.89. The quantitative estimate of drug-likeness (QED) is 0.483. The third kappa shape index (κ3) is 4.87. The Kier molecular flexibility index (Phi) is 5.89. The molecular formula is C23H20N4O4. The standard InChI is InChI=1S/C23H20N4O4/c1-15-6-5-9-20(24-15)25-21(28)14-30-19-8-4-3-7-18(19)23-26-22(27-31-23)16-10-12-17(29-2)13-11-16/h3-13H,14H2,1-2H3,(H,24,25,28). The Labute approximate surface area is 178 Å². The number of para-hydroxylation sites is 1. The predicted octanol–water partition coefficient (Wildman–Crippen LogP) is 4.13. The van der Waals surface area contributed by atoms with Crippen molar-refractivity contribution < 1.29 is 18.8 Å². The van der Waals surface area contributed by atoms with Gasteiger partial charge in [-0.3, -0.25) is 4.79 Å². The molecule has 0 aliphatic rings. The van der Waals surface area contributed by atoms with E-state index in [0.717, 1.165) is 17.0 Å². The van der Waals surface area contributed by atoms with Gasteiger partial charge in [0.25, 0.3) is 11.8 Å². The zero-order valence-corrected chi connectivity index (χ0v) is 17.0. The fourth-order valence-electron chi connectivity index (χ4n) is 2.89. The van der Waals surface area contributed by atoms with Crippen molar-refractivity contribution in [3.63, 3.8) is 0 Å². The number of methoxy groups -OCH3 is 1. The number of ether oxygens (including phenoxy) is 2. The van der Waals surface area contributed by atoms with Gasteiger partial charge in [0, 0.05) is 11.3 Å². The van der Waals surface area contributed by atoms with Crippen molar-refractivity contribution in [2.24, 2.45) is 0 Å². The van der Waals surface area contributed by atoms with E-state index in [0.29, 0.717) is 28.8 Å². The van der Waals surface area contributed by atoms with Gasteiger partial charge in [-0.05, 0) is 55.5 Å². The van der Waals surface area contributed by atoms with E-state index in [4.69, 9.17) is 14.0 Å². The van der Waals surface area contributed by atoms with Crippen LogP contribution in [0.15, 0.2) is 71.3 Å². The number of benzene rings is 2. The van der Waals surface area contributed by atoms with Crippen molar-refractivity contribution >= 4 is 11.7 Å². The van der Waals surface area contributed by atoms with Gasteiger partial charge in [0.1, 0.15) is 17.3 Å². The van der Waals surface area contributed by atoms with E-state index in [1.165, 1.54) is 0 Å². The minimum atomic E-state index is -0.322. The molecule has 1 N–H and O–H groups in total. The van der Waals surface area contributed by atoms with E-state index in [1.807, 2.05) is 49.4 Å². The lowest BCUT2D eigenvalue weighted by Gasteiger charge is -2.09. The Hall–Kier alpha value is -4.20. The number of hydrogen-bond acceptors (Lipinski definition) is 7. The number of carbonyl (C=O) groups is 1. The summed E-state index contributed by atoms with van der Waals surface area (Å²) in [5.74, 6) is 2.09. The van der Waals surface area contributed by atoms with Crippen molar-refractivity contribution in [3.05, 3.63) is 72.4 Å². The highest BCUT2D eigenvalue weighted by molar-refractivity contribution is 5.91. The number of nitrogens with one attached hydrogen (secondary N) is 1. The molecule has 2 heterocycles. The zero-order valence-electron chi connectivity index (χ0n) is 17.0. The maximum atomic E-state index is 12.2. The van der Waals surface area contributed by atoms with Gasteiger partial charge in [-0.15, -0.1) is 0 Å². The molecule has 0 radical (unpaired) electrons. The first kappa shape index (κ1) is 20.1. The summed E-state index contributed by atoms with van der Waals surface area (Å²) in [6.07, 6.45) is 0. The molecule has 4 aromatic rings. The van der Waals surface area contributed by atoms with Gasteiger partial charge >= 0.3 is 0 Å². The van der Waals surface area contributed by atoms with Crippen LogP contribution >= 0.6 is 0 Å². The Balaban J connectivity index is 1.47. The largest absolute Gasteiger partial charge is 0.497 e. The molecule has 2 aromatic heterocycles. The molecule has 4 rings (SSSR count). The van der Waals surface area contributed by atoms with E-state index in [1.54, 1.807) is 31.4 Å². The molecule has 0 saturated carbocycles. The molecule has 8 nitrogen and oxygen atoms in total. The maximum Gasteiger partial charge on any atom is 0.263 e. The molecule has 0 unspecified atom stereocenters. The van der Waals surface area contributed by atoms with Crippen LogP contribution in [0.25, 0.3) is 22.8 Å². The van der Waals surface area contributed by atoms with E-state index in [2.05, 4.69) is 20.4 Å². The monoisotopic (exact) mass is 416 g/mol. The molecule has 0 fully saturated rings. The minimum Gasteiger partial charge on any atom is -0.497 e. The molecule has 31 heavy (non-hydrogen) atoms. The zero-order chi connectivity index (χ0) is 21.6. The highest BCUT2D eigenvalue weighted by Crippen LogP contribution is 2.30. The first-order valence-corrected chi connectivity index (χ1v) is 9.56. The smallest absolute Gasteiger partial charge is 0.263 e. The molecule has 0 aliphatic carbocycles. The van der Waals surface area contributed by atoms with Gasteiger partial charge in [-0.2, -0.15) is 4.98 Å². The molecule has 0 saturated heterocycles. The normalized spacial score (nSPS) is 10.5.